The molecule has 0 spiro atoms. The topological polar surface area (TPSA) is 26.3 Å². The van der Waals surface area contributed by atoms with Gasteiger partial charge in [0.05, 0.1) is 0 Å². The van der Waals surface area contributed by atoms with Crippen LogP contribution < -0.4 is 0 Å². The van der Waals surface area contributed by atoms with Crippen LogP contribution >= 0.6 is 0 Å². The summed E-state index contributed by atoms with van der Waals surface area (Å²) in [5.41, 5.74) is 1.36. The van der Waals surface area contributed by atoms with Crippen LogP contribution in [0.25, 0.3) is 0 Å². The fraction of sp³-hybridized carbons (Fsp3) is 0.214. The van der Waals surface area contributed by atoms with E-state index in [-0.39, 0.29) is 5.78 Å². The molecule has 0 amide bonds. The first-order chi connectivity index (χ1) is 7.69. The number of rotatable bonds is 2. The summed E-state index contributed by atoms with van der Waals surface area (Å²) in [6.45, 7) is 1.91. The number of ether oxygens (including phenoxy) is 1. The zero-order chi connectivity index (χ0) is 11.6. The molecule has 0 bridgehead atoms. The molecule has 0 fully saturated rings. The standard InChI is InChI=1S/C14H14O2/c1-11-10-13(15)8-9-14(11,16-2)12-6-4-3-5-7-12/h3-10H,1-2H3. The minimum Gasteiger partial charge on any atom is -0.365 e. The van der Waals surface area contributed by atoms with E-state index in [1.54, 1.807) is 19.3 Å². The van der Waals surface area contributed by atoms with Gasteiger partial charge < -0.3 is 4.74 Å². The van der Waals surface area contributed by atoms with Crippen LogP contribution in [0.4, 0.5) is 0 Å². The lowest BCUT2D eigenvalue weighted by molar-refractivity contribution is -0.111. The maximum atomic E-state index is 11.3. The molecule has 0 N–H and O–H groups in total. The predicted octanol–water partition coefficient (Wildman–Crippen LogP) is 2.61. The van der Waals surface area contributed by atoms with Crippen molar-refractivity contribution in [3.63, 3.8) is 0 Å². The highest BCUT2D eigenvalue weighted by Gasteiger charge is 2.33. The second kappa shape index (κ2) is 4.06. The van der Waals surface area contributed by atoms with Crippen molar-refractivity contribution >= 4 is 5.78 Å². The van der Waals surface area contributed by atoms with Crippen LogP contribution in [-0.4, -0.2) is 12.9 Å². The monoisotopic (exact) mass is 214 g/mol. The van der Waals surface area contributed by atoms with E-state index in [4.69, 9.17) is 4.74 Å². The Kier molecular flexibility index (Phi) is 2.75. The fourth-order valence-electron chi connectivity index (χ4n) is 2.06. The van der Waals surface area contributed by atoms with E-state index in [9.17, 15) is 4.79 Å². The molecule has 0 radical (unpaired) electrons. The van der Waals surface area contributed by atoms with E-state index in [0.717, 1.165) is 11.1 Å². The second-order valence-corrected chi connectivity index (χ2v) is 3.87. The lowest BCUT2D eigenvalue weighted by atomic mass is 9.83. The van der Waals surface area contributed by atoms with E-state index in [0.29, 0.717) is 0 Å². The van der Waals surface area contributed by atoms with Crippen molar-refractivity contribution in [2.45, 2.75) is 12.5 Å². The Bertz CT molecular complexity index is 457. The van der Waals surface area contributed by atoms with Gasteiger partial charge in [0.1, 0.15) is 5.60 Å². The lowest BCUT2D eigenvalue weighted by Gasteiger charge is -2.32. The molecule has 16 heavy (non-hydrogen) atoms. The largest absolute Gasteiger partial charge is 0.365 e. The molecule has 1 aliphatic rings. The molecule has 1 aromatic carbocycles. The van der Waals surface area contributed by atoms with E-state index in [1.165, 1.54) is 0 Å². The first kappa shape index (κ1) is 10.8. The second-order valence-electron chi connectivity index (χ2n) is 3.87. The van der Waals surface area contributed by atoms with E-state index in [1.807, 2.05) is 43.3 Å². The zero-order valence-electron chi connectivity index (χ0n) is 9.44. The lowest BCUT2D eigenvalue weighted by Crippen LogP contribution is -2.30. The Balaban J connectivity index is 2.53. The van der Waals surface area contributed by atoms with Gasteiger partial charge in [0.15, 0.2) is 5.78 Å². The highest BCUT2D eigenvalue weighted by atomic mass is 16.5. The van der Waals surface area contributed by atoms with Gasteiger partial charge in [0.25, 0.3) is 0 Å². The fourth-order valence-corrected chi connectivity index (χ4v) is 2.06. The maximum Gasteiger partial charge on any atom is 0.178 e. The van der Waals surface area contributed by atoms with Crippen LogP contribution in [0.1, 0.15) is 12.5 Å². The molecule has 2 rings (SSSR count). The highest BCUT2D eigenvalue weighted by molar-refractivity contribution is 6.01. The van der Waals surface area contributed by atoms with Gasteiger partial charge in [0, 0.05) is 7.11 Å². The van der Waals surface area contributed by atoms with Gasteiger partial charge in [-0.25, -0.2) is 0 Å². The molecule has 82 valence electrons. The molecule has 2 nitrogen and oxygen atoms in total. The number of carbonyl (C=O) groups excluding carboxylic acids is 1. The molecule has 1 aliphatic carbocycles. The summed E-state index contributed by atoms with van der Waals surface area (Å²) < 4.78 is 5.62. The van der Waals surface area contributed by atoms with Gasteiger partial charge >= 0.3 is 0 Å². The SMILES string of the molecule is COC1(c2ccccc2)C=CC(=O)C=C1C. The maximum absolute atomic E-state index is 11.3. The van der Waals surface area contributed by atoms with Crippen LogP contribution in [-0.2, 0) is 15.1 Å². The third-order valence-corrected chi connectivity index (χ3v) is 2.95. The zero-order valence-corrected chi connectivity index (χ0v) is 9.44. The summed E-state index contributed by atoms with van der Waals surface area (Å²) in [4.78, 5) is 11.3. The Morgan fingerprint density at radius 2 is 1.88 bits per heavy atom. The number of carbonyl (C=O) groups is 1. The number of allylic oxidation sites excluding steroid dienone is 2. The summed E-state index contributed by atoms with van der Waals surface area (Å²) in [5.74, 6) is 0.0149. The number of benzene rings is 1. The molecular weight excluding hydrogens is 200 g/mol. The van der Waals surface area contributed by atoms with Gasteiger partial charge in [-0.05, 0) is 36.3 Å². The summed E-state index contributed by atoms with van der Waals surface area (Å²) in [7, 11) is 1.66. The number of hydrogen-bond donors (Lipinski definition) is 0. The molecule has 1 atom stereocenters. The average Bonchev–Trinajstić information content (AvgIpc) is 2.31. The van der Waals surface area contributed by atoms with Gasteiger partial charge in [0.2, 0.25) is 0 Å². The number of ketones is 1. The quantitative estimate of drug-likeness (QED) is 0.756. The molecule has 0 aliphatic heterocycles. The van der Waals surface area contributed by atoms with Crippen molar-refractivity contribution < 1.29 is 9.53 Å². The predicted molar refractivity (Wildman–Crippen MR) is 63.0 cm³/mol. The van der Waals surface area contributed by atoms with Gasteiger partial charge in [-0.3, -0.25) is 4.79 Å². The van der Waals surface area contributed by atoms with Gasteiger partial charge in [-0.1, -0.05) is 30.3 Å². The smallest absolute Gasteiger partial charge is 0.178 e. The molecule has 1 aromatic rings. The third-order valence-electron chi connectivity index (χ3n) is 2.95. The Morgan fingerprint density at radius 1 is 1.19 bits per heavy atom. The minimum atomic E-state index is -0.588. The third kappa shape index (κ3) is 1.61. The summed E-state index contributed by atoms with van der Waals surface area (Å²) in [6.07, 6.45) is 5.00. The first-order valence-corrected chi connectivity index (χ1v) is 5.22. The number of hydrogen-bond acceptors (Lipinski definition) is 2. The van der Waals surface area contributed by atoms with E-state index in [2.05, 4.69) is 0 Å². The molecule has 0 saturated heterocycles. The van der Waals surface area contributed by atoms with Crippen molar-refractivity contribution in [3.05, 3.63) is 59.7 Å². The highest BCUT2D eigenvalue weighted by Crippen LogP contribution is 2.36. The van der Waals surface area contributed by atoms with E-state index >= 15 is 0 Å². The summed E-state index contributed by atoms with van der Waals surface area (Å²) >= 11 is 0. The minimum absolute atomic E-state index is 0.0149. The van der Waals surface area contributed by atoms with Crippen LogP contribution in [0.3, 0.4) is 0 Å². The van der Waals surface area contributed by atoms with Crippen molar-refractivity contribution in [2.75, 3.05) is 7.11 Å². The Hall–Kier alpha value is -1.67. The molecule has 1 unspecified atom stereocenters. The van der Waals surface area contributed by atoms with Crippen LogP contribution in [0.15, 0.2) is 54.1 Å². The summed E-state index contributed by atoms with van der Waals surface area (Å²) in [6, 6.07) is 9.90. The Morgan fingerprint density at radius 3 is 2.44 bits per heavy atom. The molecule has 2 heteroatoms. The molecule has 0 aromatic heterocycles. The van der Waals surface area contributed by atoms with E-state index < -0.39 is 5.60 Å². The van der Waals surface area contributed by atoms with Gasteiger partial charge in [-0.15, -0.1) is 0 Å². The molecule has 0 saturated carbocycles. The van der Waals surface area contributed by atoms with Crippen molar-refractivity contribution in [1.82, 2.24) is 0 Å². The summed E-state index contributed by atoms with van der Waals surface area (Å²) in [5, 5.41) is 0. The average molecular weight is 214 g/mol. The van der Waals surface area contributed by atoms with Gasteiger partial charge in [-0.2, -0.15) is 0 Å². The van der Waals surface area contributed by atoms with Crippen LogP contribution in [0, 0.1) is 0 Å². The van der Waals surface area contributed by atoms with Crippen LogP contribution in [0.5, 0.6) is 0 Å². The van der Waals surface area contributed by atoms with Crippen molar-refractivity contribution in [2.24, 2.45) is 0 Å². The molecular formula is C14H14O2. The first-order valence-electron chi connectivity index (χ1n) is 5.22. The van der Waals surface area contributed by atoms with Crippen molar-refractivity contribution in [1.29, 1.82) is 0 Å². The number of methoxy groups -OCH3 is 1. The normalized spacial score (nSPS) is 24.4. The van der Waals surface area contributed by atoms with Crippen molar-refractivity contribution in [3.8, 4) is 0 Å². The Labute approximate surface area is 95.2 Å². The molecule has 0 heterocycles. The van der Waals surface area contributed by atoms with Crippen LogP contribution in [0.2, 0.25) is 0 Å².